The molecule has 0 spiro atoms. The van der Waals surface area contributed by atoms with Crippen LogP contribution in [0.1, 0.15) is 31.4 Å². The summed E-state index contributed by atoms with van der Waals surface area (Å²) in [4.78, 5) is 28.0. The van der Waals surface area contributed by atoms with Gasteiger partial charge in [0, 0.05) is 25.1 Å². The first-order valence-corrected chi connectivity index (χ1v) is 13.9. The number of hydrogen-bond acceptors (Lipinski definition) is 7. The molecule has 10 nitrogen and oxygen atoms in total. The van der Waals surface area contributed by atoms with Gasteiger partial charge in [0.1, 0.15) is 6.04 Å². The highest BCUT2D eigenvalue weighted by molar-refractivity contribution is 5.87. The first-order valence-electron chi connectivity index (χ1n) is 13.9. The highest BCUT2D eigenvalue weighted by atomic mass is 16.5. The van der Waals surface area contributed by atoms with Crippen LogP contribution < -0.4 is 10.6 Å². The van der Waals surface area contributed by atoms with Crippen LogP contribution in [0.4, 0.5) is 0 Å². The number of rotatable bonds is 15. The summed E-state index contributed by atoms with van der Waals surface area (Å²) in [5, 5.41) is 20.0. The molecule has 41 heavy (non-hydrogen) atoms. The highest BCUT2D eigenvalue weighted by Gasteiger charge is 2.21. The molecule has 4 rings (SSSR count). The molecule has 3 aromatic carbocycles. The van der Waals surface area contributed by atoms with E-state index in [1.54, 1.807) is 0 Å². The second-order valence-electron chi connectivity index (χ2n) is 9.61. The summed E-state index contributed by atoms with van der Waals surface area (Å²) in [5.74, 6) is 0.128. The molecule has 4 aromatic rings. The second kappa shape index (κ2) is 15.4. The summed E-state index contributed by atoms with van der Waals surface area (Å²) in [6, 6.07) is 24.7. The van der Waals surface area contributed by atoms with E-state index in [1.807, 2.05) is 78.9 Å². The van der Waals surface area contributed by atoms with E-state index in [2.05, 4.69) is 50.0 Å². The monoisotopic (exact) mass is 555 g/mol. The van der Waals surface area contributed by atoms with E-state index in [4.69, 9.17) is 4.74 Å². The zero-order valence-corrected chi connectivity index (χ0v) is 23.5. The predicted molar refractivity (Wildman–Crippen MR) is 157 cm³/mol. The smallest absolute Gasteiger partial charge is 0.245 e. The van der Waals surface area contributed by atoms with Crippen molar-refractivity contribution in [1.82, 2.24) is 36.2 Å². The van der Waals surface area contributed by atoms with Crippen molar-refractivity contribution in [3.8, 4) is 22.5 Å². The maximum Gasteiger partial charge on any atom is 0.245 e. The SMILES string of the molecule is CCN(CC)CCC(=O)NC(COCc1ccccc1)C(=O)NCc1ccc(-c2ccccc2-c2nnn[nH]2)cc1. The third kappa shape index (κ3) is 8.79. The Balaban J connectivity index is 1.37. The average Bonchev–Trinajstić information content (AvgIpc) is 3.56. The Hall–Kier alpha value is -4.41. The number of carbonyl (C=O) groups is 2. The Morgan fingerprint density at radius 1 is 0.902 bits per heavy atom. The summed E-state index contributed by atoms with van der Waals surface area (Å²) in [6.45, 7) is 7.25. The molecule has 0 fully saturated rings. The van der Waals surface area contributed by atoms with Gasteiger partial charge in [-0.1, -0.05) is 92.7 Å². The van der Waals surface area contributed by atoms with Crippen molar-refractivity contribution in [1.29, 1.82) is 0 Å². The summed E-state index contributed by atoms with van der Waals surface area (Å²) >= 11 is 0. The molecule has 3 N–H and O–H groups in total. The molecule has 1 unspecified atom stereocenters. The molecule has 0 aliphatic carbocycles. The van der Waals surface area contributed by atoms with Crippen molar-refractivity contribution < 1.29 is 14.3 Å². The number of H-pyrrole nitrogens is 1. The van der Waals surface area contributed by atoms with E-state index in [1.165, 1.54) is 0 Å². The lowest BCUT2D eigenvalue weighted by Gasteiger charge is -2.21. The van der Waals surface area contributed by atoms with Crippen molar-refractivity contribution in [2.45, 2.75) is 39.5 Å². The van der Waals surface area contributed by atoms with Gasteiger partial charge in [0.2, 0.25) is 11.8 Å². The minimum Gasteiger partial charge on any atom is -0.374 e. The minimum atomic E-state index is -0.801. The van der Waals surface area contributed by atoms with E-state index in [0.717, 1.165) is 40.9 Å². The lowest BCUT2D eigenvalue weighted by atomic mass is 9.98. The van der Waals surface area contributed by atoms with Crippen LogP contribution in [-0.4, -0.2) is 69.6 Å². The van der Waals surface area contributed by atoms with E-state index in [-0.39, 0.29) is 18.4 Å². The molecule has 1 heterocycles. The largest absolute Gasteiger partial charge is 0.374 e. The lowest BCUT2D eigenvalue weighted by Crippen LogP contribution is -2.49. The molecule has 0 aliphatic heterocycles. The minimum absolute atomic E-state index is 0.0734. The Kier molecular flexibility index (Phi) is 11.1. The van der Waals surface area contributed by atoms with E-state index >= 15 is 0 Å². The van der Waals surface area contributed by atoms with Crippen LogP contribution >= 0.6 is 0 Å². The number of amides is 2. The molecule has 0 saturated heterocycles. The number of ether oxygens (including phenoxy) is 1. The van der Waals surface area contributed by atoms with E-state index in [9.17, 15) is 9.59 Å². The Morgan fingerprint density at radius 3 is 2.29 bits per heavy atom. The van der Waals surface area contributed by atoms with Gasteiger partial charge in [0.05, 0.1) is 13.2 Å². The van der Waals surface area contributed by atoms with Gasteiger partial charge in [-0.25, -0.2) is 5.10 Å². The topological polar surface area (TPSA) is 125 Å². The number of nitrogens with one attached hydrogen (secondary N) is 3. The van der Waals surface area contributed by atoms with Crippen LogP contribution in [0, 0.1) is 0 Å². The molecular formula is C31H37N7O3. The number of carbonyl (C=O) groups excluding carboxylic acids is 2. The molecule has 0 saturated carbocycles. The van der Waals surface area contributed by atoms with Gasteiger partial charge in [-0.2, -0.15) is 0 Å². The van der Waals surface area contributed by atoms with Gasteiger partial charge in [-0.3, -0.25) is 9.59 Å². The number of benzene rings is 3. The maximum absolute atomic E-state index is 13.2. The van der Waals surface area contributed by atoms with E-state index < -0.39 is 6.04 Å². The second-order valence-corrected chi connectivity index (χ2v) is 9.61. The van der Waals surface area contributed by atoms with Crippen molar-refractivity contribution in [3.05, 3.63) is 90.0 Å². The standard InChI is InChI=1S/C31H37N7O3/c1-3-38(4-2)19-18-29(39)33-28(22-41-21-24-10-6-5-7-11-24)31(40)32-20-23-14-16-25(17-15-23)26-12-8-9-13-27(26)30-34-36-37-35-30/h5-17,28H,3-4,18-22H2,1-2H3,(H,32,40)(H,33,39)(H,34,35,36,37). The van der Waals surface area contributed by atoms with Gasteiger partial charge in [0.25, 0.3) is 0 Å². The van der Waals surface area contributed by atoms with Crippen LogP contribution in [0.3, 0.4) is 0 Å². The molecule has 1 aromatic heterocycles. The van der Waals surface area contributed by atoms with Gasteiger partial charge in [-0.15, -0.1) is 5.10 Å². The zero-order valence-electron chi connectivity index (χ0n) is 23.5. The zero-order chi connectivity index (χ0) is 28.9. The summed E-state index contributed by atoms with van der Waals surface area (Å²) in [5.41, 5.74) is 4.82. The van der Waals surface area contributed by atoms with Gasteiger partial charge in [-0.05, 0) is 45.8 Å². The van der Waals surface area contributed by atoms with Gasteiger partial charge in [0.15, 0.2) is 5.82 Å². The van der Waals surface area contributed by atoms with Crippen LogP contribution in [0.2, 0.25) is 0 Å². The highest BCUT2D eigenvalue weighted by Crippen LogP contribution is 2.29. The quantitative estimate of drug-likeness (QED) is 0.205. The third-order valence-electron chi connectivity index (χ3n) is 6.86. The number of aromatic amines is 1. The maximum atomic E-state index is 13.2. The number of aromatic nitrogens is 4. The lowest BCUT2D eigenvalue weighted by molar-refractivity contribution is -0.131. The Bertz CT molecular complexity index is 1360. The molecule has 2 amide bonds. The van der Waals surface area contributed by atoms with Crippen molar-refractivity contribution >= 4 is 11.8 Å². The van der Waals surface area contributed by atoms with Crippen molar-refractivity contribution in [2.24, 2.45) is 0 Å². The Morgan fingerprint density at radius 2 is 1.61 bits per heavy atom. The fourth-order valence-corrected chi connectivity index (χ4v) is 4.45. The fraction of sp³-hybridized carbons (Fsp3) is 0.323. The first kappa shape index (κ1) is 29.6. The molecular weight excluding hydrogens is 518 g/mol. The van der Waals surface area contributed by atoms with Crippen LogP contribution in [-0.2, 0) is 27.5 Å². The summed E-state index contributed by atoms with van der Waals surface area (Å²) in [7, 11) is 0. The molecule has 0 bridgehead atoms. The van der Waals surface area contributed by atoms with Crippen LogP contribution in [0.25, 0.3) is 22.5 Å². The van der Waals surface area contributed by atoms with Gasteiger partial charge >= 0.3 is 0 Å². The van der Waals surface area contributed by atoms with Crippen molar-refractivity contribution in [3.63, 3.8) is 0 Å². The molecule has 10 heteroatoms. The fourth-order valence-electron chi connectivity index (χ4n) is 4.45. The number of hydrogen-bond donors (Lipinski definition) is 3. The normalized spacial score (nSPS) is 11.8. The average molecular weight is 556 g/mol. The number of tetrazole rings is 1. The van der Waals surface area contributed by atoms with Crippen LogP contribution in [0.15, 0.2) is 78.9 Å². The summed E-state index contributed by atoms with van der Waals surface area (Å²) < 4.78 is 5.83. The van der Waals surface area contributed by atoms with Crippen LogP contribution in [0.5, 0.6) is 0 Å². The molecule has 214 valence electrons. The molecule has 0 aliphatic rings. The summed E-state index contributed by atoms with van der Waals surface area (Å²) in [6.07, 6.45) is 0.317. The third-order valence-corrected chi connectivity index (χ3v) is 6.86. The Labute approximate surface area is 240 Å². The van der Waals surface area contributed by atoms with Gasteiger partial charge < -0.3 is 20.3 Å². The van der Waals surface area contributed by atoms with E-state index in [0.29, 0.717) is 31.9 Å². The van der Waals surface area contributed by atoms with Crippen molar-refractivity contribution in [2.75, 3.05) is 26.2 Å². The predicted octanol–water partition coefficient (Wildman–Crippen LogP) is 3.58. The molecule has 0 radical (unpaired) electrons. The first-order chi connectivity index (χ1) is 20.1. The molecule has 1 atom stereocenters. The number of nitrogens with zero attached hydrogens (tertiary/aromatic N) is 4.